The summed E-state index contributed by atoms with van der Waals surface area (Å²) in [7, 11) is 8.65. The van der Waals surface area contributed by atoms with Gasteiger partial charge in [0.1, 0.15) is 85.0 Å². The van der Waals surface area contributed by atoms with Crippen molar-refractivity contribution in [3.63, 3.8) is 0 Å². The highest BCUT2D eigenvalue weighted by molar-refractivity contribution is 9.10. The minimum absolute atomic E-state index is 0.187. The number of benzene rings is 4. The average molecular weight is 2010 g/mol. The van der Waals surface area contributed by atoms with Crippen molar-refractivity contribution in [3.05, 3.63) is 202 Å². The molecule has 25 nitrogen and oxygen atoms in total. The van der Waals surface area contributed by atoms with Crippen molar-refractivity contribution in [2.24, 2.45) is 0 Å². The Morgan fingerprint density at radius 2 is 0.657 bits per heavy atom. The lowest BCUT2D eigenvalue weighted by Crippen LogP contribution is -2.48. The summed E-state index contributed by atoms with van der Waals surface area (Å²) in [5.74, 6) is 7.45. The van der Waals surface area contributed by atoms with Gasteiger partial charge in [-0.15, -0.1) is 47.0 Å². The summed E-state index contributed by atoms with van der Waals surface area (Å²) >= 11 is 9.99. The fourth-order valence-corrected chi connectivity index (χ4v) is 22.6. The Morgan fingerprint density at radius 3 is 0.956 bits per heavy atom. The third-order valence-corrected chi connectivity index (χ3v) is 30.7. The molecule has 8 aliphatic heterocycles. The Morgan fingerprint density at radius 1 is 0.358 bits per heavy atom. The van der Waals surface area contributed by atoms with Crippen LogP contribution in [0.25, 0.3) is 0 Å². The Bertz CT molecular complexity index is 5530. The standard InChI is InChI=1S/C27H36N4O3S.C26H33BrN4O2S.2C26H33FN4O2S/c1-27(2)17-22-23(18-28)26(35-15-8-20-6-5-7-21(16-20)33-4)29-25(24(22)19-34-27)31-11-9-30(10-12-31)13-14-32-3;1-26(2)16-21-22(17-28)25(34-15-8-19-4-6-20(27)7-5-19)29-24(23(21)18-33-26)31-11-9-30(10-12-31)13-14-32-3;1-26(2)16-21-22(17-28)25(34-14-7-19-5-4-6-20(27)15-19)29-24(23(21)18-33-26)31-10-8-30(9-11-31)12-13-32-3;1-26(2)16-20-21(17-28)25(34-15-8-19-6-4-5-7-23(19)27)29-24(22(20)18-33-26)31-11-9-30(10-12-31)13-14-32-3/h5-7,16H,8-15,17,19H2,1-4H3;4-7H,8-16,18H2,1-3H3;4-6,15H,7-14,16,18H2,1-3H3;4-7H,8-16,18H2,1-3H3. The second kappa shape index (κ2) is 50.9. The molecular formula is C105H135BrF2N16O9S4. The zero-order valence-electron chi connectivity index (χ0n) is 82.1. The third-order valence-electron chi connectivity index (χ3n) is 26.2. The molecule has 0 N–H and O–H groups in total. The van der Waals surface area contributed by atoms with E-state index in [1.54, 1.807) is 101 Å². The summed E-state index contributed by atoms with van der Waals surface area (Å²) in [6.07, 6.45) is 5.93. The SMILES string of the molecule is COCCN1CCN(c2nc(SCCc3ccc(Br)cc3)c(C#N)c3c2COC(C)(C)C3)CC1.COCCN1CCN(c2nc(SCCc3cccc(F)c3)c(C#N)c3c2COC(C)(C)C3)CC1.COCCN1CCN(c2nc(SCCc3cccc(OC)c3)c(C#N)c3c2COC(C)(C)C3)CC1.COCCN1CCN(c2nc(SCCc3ccccc3F)c(C#N)c3c2COC(C)(C)C3)CC1. The van der Waals surface area contributed by atoms with E-state index in [0.717, 1.165) is 315 Å². The number of fused-ring (bicyclic) bond motifs is 4. The summed E-state index contributed by atoms with van der Waals surface area (Å²) in [4.78, 5) is 39.3. The highest BCUT2D eigenvalue weighted by Crippen LogP contribution is 2.45. The normalized spacial score (nSPS) is 17.8. The van der Waals surface area contributed by atoms with Gasteiger partial charge in [-0.2, -0.15) is 21.0 Å². The van der Waals surface area contributed by atoms with E-state index in [9.17, 15) is 29.8 Å². The van der Waals surface area contributed by atoms with Gasteiger partial charge in [0.2, 0.25) is 0 Å². The Balaban J connectivity index is 0.000000154. The summed E-state index contributed by atoms with van der Waals surface area (Å²) in [6, 6.07) is 40.0. The maximum Gasteiger partial charge on any atom is 0.135 e. The van der Waals surface area contributed by atoms with Crippen LogP contribution < -0.4 is 24.3 Å². The van der Waals surface area contributed by atoms with Gasteiger partial charge < -0.3 is 62.2 Å². The number of thioether (sulfide) groups is 4. The van der Waals surface area contributed by atoms with Crippen LogP contribution in [0.5, 0.6) is 5.75 Å². The molecule has 4 aromatic carbocycles. The maximum atomic E-state index is 14.1. The van der Waals surface area contributed by atoms with Crippen LogP contribution in [0.15, 0.2) is 122 Å². The van der Waals surface area contributed by atoms with Crippen LogP contribution >= 0.6 is 63.0 Å². The van der Waals surface area contributed by atoms with Crippen molar-refractivity contribution in [3.8, 4) is 30.0 Å². The van der Waals surface area contributed by atoms with E-state index in [2.05, 4.69) is 171 Å². The van der Waals surface area contributed by atoms with Gasteiger partial charge >= 0.3 is 0 Å². The molecule has 0 bridgehead atoms. The minimum Gasteiger partial charge on any atom is -0.497 e. The number of aryl methyl sites for hydroxylation is 4. The molecule has 734 valence electrons. The number of aromatic nitrogens is 4. The average Bonchev–Trinajstić information content (AvgIpc) is 0.770. The van der Waals surface area contributed by atoms with Crippen LogP contribution in [0.1, 0.15) is 144 Å². The number of nitriles is 4. The number of ether oxygens (including phenoxy) is 9. The number of methoxy groups -OCH3 is 5. The zero-order chi connectivity index (χ0) is 97.2. The fourth-order valence-electron chi connectivity index (χ4n) is 18.4. The van der Waals surface area contributed by atoms with Crippen LogP contribution in [0, 0.1) is 57.0 Å². The van der Waals surface area contributed by atoms with E-state index >= 15 is 0 Å². The Labute approximate surface area is 835 Å². The predicted molar refractivity (Wildman–Crippen MR) is 546 cm³/mol. The highest BCUT2D eigenvalue weighted by Gasteiger charge is 2.40. The van der Waals surface area contributed by atoms with E-state index < -0.39 is 0 Å². The summed E-state index contributed by atoms with van der Waals surface area (Å²) in [5.41, 5.74) is 14.3. The largest absolute Gasteiger partial charge is 0.497 e. The van der Waals surface area contributed by atoms with Gasteiger partial charge in [0, 0.05) is 235 Å². The van der Waals surface area contributed by atoms with Gasteiger partial charge in [-0.3, -0.25) is 19.6 Å². The van der Waals surface area contributed by atoms with E-state index in [0.29, 0.717) is 74.6 Å². The number of piperazine rings is 4. The Kier molecular flexibility index (Phi) is 39.4. The van der Waals surface area contributed by atoms with E-state index in [-0.39, 0.29) is 34.0 Å². The summed E-state index contributed by atoms with van der Waals surface area (Å²) in [6.45, 7) is 40.2. The molecule has 32 heteroatoms. The van der Waals surface area contributed by atoms with Gasteiger partial charge in [0.25, 0.3) is 0 Å². The second-order valence-electron chi connectivity index (χ2n) is 38.0. The van der Waals surface area contributed by atoms with Gasteiger partial charge in [-0.1, -0.05) is 70.5 Å². The quantitative estimate of drug-likeness (QED) is 0.0346. The van der Waals surface area contributed by atoms with E-state index in [1.165, 1.54) is 23.3 Å². The molecule has 0 aliphatic carbocycles. The number of hydrogen-bond acceptors (Lipinski definition) is 29. The Hall–Kier alpha value is -8.30. The topological polar surface area (TPSA) is 256 Å². The minimum atomic E-state index is -0.328. The molecule has 8 aromatic rings. The molecule has 0 spiro atoms. The molecule has 137 heavy (non-hydrogen) atoms. The van der Waals surface area contributed by atoms with Crippen molar-refractivity contribution in [1.82, 2.24) is 39.5 Å². The first-order chi connectivity index (χ1) is 66.1. The highest BCUT2D eigenvalue weighted by atomic mass is 79.9. The molecule has 12 heterocycles. The zero-order valence-corrected chi connectivity index (χ0v) is 87.0. The molecule has 4 fully saturated rings. The summed E-state index contributed by atoms with van der Waals surface area (Å²) < 4.78 is 79.7. The summed E-state index contributed by atoms with van der Waals surface area (Å²) in [5, 5.41) is 43.7. The molecular weight excluding hydrogens is 1880 g/mol. The van der Waals surface area contributed by atoms with Crippen LogP contribution in [0.2, 0.25) is 0 Å². The first-order valence-electron chi connectivity index (χ1n) is 47.8. The lowest BCUT2D eigenvalue weighted by atomic mass is 9.89. The van der Waals surface area contributed by atoms with Crippen molar-refractivity contribution in [1.29, 1.82) is 21.0 Å². The number of anilines is 4. The molecule has 8 aliphatic rings. The first-order valence-corrected chi connectivity index (χ1v) is 52.5. The number of nitrogens with zero attached hydrogens (tertiary/aromatic N) is 16. The van der Waals surface area contributed by atoms with Crippen LogP contribution in [-0.4, -0.2) is 278 Å². The van der Waals surface area contributed by atoms with Gasteiger partial charge in [-0.25, -0.2) is 28.7 Å². The van der Waals surface area contributed by atoms with Gasteiger partial charge in [0.05, 0.1) is 105 Å². The number of halogens is 3. The molecule has 0 radical (unpaired) electrons. The first kappa shape index (κ1) is 106. The van der Waals surface area contributed by atoms with E-state index in [4.69, 9.17) is 62.6 Å². The van der Waals surface area contributed by atoms with Crippen molar-refractivity contribution >= 4 is 86.2 Å². The van der Waals surface area contributed by atoms with Crippen LogP contribution in [-0.2, 0) is 116 Å². The van der Waals surface area contributed by atoms with Gasteiger partial charge in [0.15, 0.2) is 0 Å². The lowest BCUT2D eigenvalue weighted by molar-refractivity contribution is -0.0405. The van der Waals surface area contributed by atoms with Crippen molar-refractivity contribution < 1.29 is 51.4 Å². The van der Waals surface area contributed by atoms with Crippen LogP contribution in [0.4, 0.5) is 32.1 Å². The maximum absolute atomic E-state index is 14.1. The molecule has 4 saturated heterocycles. The third kappa shape index (κ3) is 29.2. The molecule has 0 unspecified atom stereocenters. The lowest BCUT2D eigenvalue weighted by Gasteiger charge is -2.39. The molecule has 0 atom stereocenters. The molecule has 16 rings (SSSR count). The smallest absolute Gasteiger partial charge is 0.135 e. The van der Waals surface area contributed by atoms with Crippen molar-refractivity contribution in [2.75, 3.05) is 235 Å². The molecule has 4 aromatic heterocycles. The second-order valence-corrected chi connectivity index (χ2v) is 43.3. The monoisotopic (exact) mass is 2010 g/mol. The number of rotatable bonds is 33. The fraction of sp³-hybridized carbons (Fsp3) is 0.543. The van der Waals surface area contributed by atoms with Crippen LogP contribution in [0.3, 0.4) is 0 Å². The predicted octanol–water partition coefficient (Wildman–Crippen LogP) is 16.7. The van der Waals surface area contributed by atoms with E-state index in [1.807, 2.05) is 30.3 Å². The number of pyridine rings is 4. The molecule has 0 saturated carbocycles. The van der Waals surface area contributed by atoms with Crippen molar-refractivity contribution in [2.45, 2.75) is 176 Å². The number of hydrogen-bond donors (Lipinski definition) is 0. The molecule has 0 amide bonds. The van der Waals surface area contributed by atoms with Gasteiger partial charge in [-0.05, 0) is 168 Å².